The molecule has 2 N–H and O–H groups in total. The number of aryl methyl sites for hydroxylation is 1. The van der Waals surface area contributed by atoms with Crippen molar-refractivity contribution >= 4 is 29.1 Å². The van der Waals surface area contributed by atoms with Gasteiger partial charge in [-0.2, -0.15) is 0 Å². The van der Waals surface area contributed by atoms with Crippen LogP contribution in [0.3, 0.4) is 0 Å². The van der Waals surface area contributed by atoms with E-state index in [4.69, 9.17) is 0 Å². The highest BCUT2D eigenvalue weighted by Crippen LogP contribution is 2.28. The maximum Gasteiger partial charge on any atom is 0.489 e. The first-order valence-electron chi connectivity index (χ1n) is 5.62. The number of Topliss-reactive ketones (excluding diaryl/α,β-unsaturated/α-hetero) is 1. The van der Waals surface area contributed by atoms with Gasteiger partial charge in [0.25, 0.3) is 0 Å². The summed E-state index contributed by atoms with van der Waals surface area (Å²) in [4.78, 5) is 12.0. The Morgan fingerprint density at radius 3 is 2.65 bits per heavy atom. The molecule has 4 heteroatoms. The number of rotatable bonds is 1. The quantitative estimate of drug-likeness (QED) is 0.702. The molecular formula is C13H11BO3. The molecule has 0 atom stereocenters. The van der Waals surface area contributed by atoms with Gasteiger partial charge in [0, 0.05) is 12.0 Å². The lowest BCUT2D eigenvalue weighted by molar-refractivity contribution is 0.0982. The van der Waals surface area contributed by atoms with Crippen LogP contribution in [0.4, 0.5) is 0 Å². The van der Waals surface area contributed by atoms with Crippen molar-refractivity contribution in [1.82, 2.24) is 0 Å². The average Bonchev–Trinajstić information content (AvgIpc) is 2.33. The highest BCUT2D eigenvalue weighted by Gasteiger charge is 2.26. The minimum absolute atomic E-state index is 0.00241. The predicted molar refractivity (Wildman–Crippen MR) is 66.4 cm³/mol. The first-order chi connectivity index (χ1) is 8.18. The van der Waals surface area contributed by atoms with Crippen molar-refractivity contribution in [3.63, 3.8) is 0 Å². The van der Waals surface area contributed by atoms with E-state index in [1.165, 1.54) is 0 Å². The van der Waals surface area contributed by atoms with E-state index in [1.54, 1.807) is 6.07 Å². The van der Waals surface area contributed by atoms with E-state index in [1.807, 2.05) is 24.3 Å². The topological polar surface area (TPSA) is 57.5 Å². The molecule has 2 aromatic rings. The fraction of sp³-hybridized carbons (Fsp3) is 0.154. The number of benzene rings is 2. The van der Waals surface area contributed by atoms with E-state index in [-0.39, 0.29) is 5.78 Å². The second kappa shape index (κ2) is 3.69. The van der Waals surface area contributed by atoms with Crippen molar-refractivity contribution in [3.8, 4) is 0 Å². The number of hydrogen-bond donors (Lipinski definition) is 2. The SMILES string of the molecule is O=C1CCc2cccc3ccc(B(O)O)c1c23. The van der Waals surface area contributed by atoms with Crippen LogP contribution in [-0.4, -0.2) is 22.9 Å². The summed E-state index contributed by atoms with van der Waals surface area (Å²) in [6.45, 7) is 0. The molecule has 0 amide bonds. The van der Waals surface area contributed by atoms with Gasteiger partial charge in [0.05, 0.1) is 0 Å². The monoisotopic (exact) mass is 226 g/mol. The summed E-state index contributed by atoms with van der Waals surface area (Å²) < 4.78 is 0. The molecule has 0 aliphatic heterocycles. The Hall–Kier alpha value is -1.65. The Bertz CT molecular complexity index is 619. The van der Waals surface area contributed by atoms with Crippen LogP contribution in [0.25, 0.3) is 10.8 Å². The Morgan fingerprint density at radius 2 is 1.88 bits per heavy atom. The smallest absolute Gasteiger partial charge is 0.423 e. The van der Waals surface area contributed by atoms with Crippen molar-refractivity contribution in [2.45, 2.75) is 12.8 Å². The van der Waals surface area contributed by atoms with Crippen LogP contribution >= 0.6 is 0 Å². The lowest BCUT2D eigenvalue weighted by atomic mass is 9.72. The third-order valence-corrected chi connectivity index (χ3v) is 3.34. The third-order valence-electron chi connectivity index (χ3n) is 3.34. The summed E-state index contributed by atoms with van der Waals surface area (Å²) in [5.41, 5.74) is 1.91. The standard InChI is InChI=1S/C13H11BO3/c15-11-7-5-9-3-1-2-8-4-6-10(14(16)17)13(11)12(8)9/h1-4,6,16-17H,5,7H2. The molecule has 3 rings (SSSR count). The molecule has 1 aliphatic carbocycles. The van der Waals surface area contributed by atoms with Crippen molar-refractivity contribution in [3.05, 3.63) is 41.5 Å². The van der Waals surface area contributed by atoms with E-state index < -0.39 is 7.12 Å². The summed E-state index contributed by atoms with van der Waals surface area (Å²) >= 11 is 0. The van der Waals surface area contributed by atoms with Crippen LogP contribution < -0.4 is 5.46 Å². The van der Waals surface area contributed by atoms with Gasteiger partial charge < -0.3 is 10.0 Å². The van der Waals surface area contributed by atoms with E-state index >= 15 is 0 Å². The summed E-state index contributed by atoms with van der Waals surface area (Å²) in [5.74, 6) is -0.00241. The van der Waals surface area contributed by atoms with Gasteiger partial charge in [0.2, 0.25) is 0 Å². The normalized spacial score (nSPS) is 14.1. The van der Waals surface area contributed by atoms with Crippen LogP contribution in [0.2, 0.25) is 0 Å². The molecule has 0 aromatic heterocycles. The molecule has 1 aliphatic rings. The van der Waals surface area contributed by atoms with Crippen molar-refractivity contribution in [1.29, 1.82) is 0 Å². The molecular weight excluding hydrogens is 215 g/mol. The van der Waals surface area contributed by atoms with Gasteiger partial charge in [-0.05, 0) is 28.2 Å². The van der Waals surface area contributed by atoms with E-state index in [9.17, 15) is 14.8 Å². The van der Waals surface area contributed by atoms with Gasteiger partial charge in [-0.1, -0.05) is 30.3 Å². The second-order valence-corrected chi connectivity index (χ2v) is 4.34. The van der Waals surface area contributed by atoms with Gasteiger partial charge in [0.15, 0.2) is 5.78 Å². The largest absolute Gasteiger partial charge is 0.489 e. The molecule has 17 heavy (non-hydrogen) atoms. The Balaban J connectivity index is 2.46. The van der Waals surface area contributed by atoms with Gasteiger partial charge >= 0.3 is 7.12 Å². The molecule has 2 aromatic carbocycles. The summed E-state index contributed by atoms with van der Waals surface area (Å²) in [5, 5.41) is 20.5. The molecule has 0 unspecified atom stereocenters. The van der Waals surface area contributed by atoms with Gasteiger partial charge in [-0.25, -0.2) is 0 Å². The molecule has 0 fully saturated rings. The number of carbonyl (C=O) groups excluding carboxylic acids is 1. The Morgan fingerprint density at radius 1 is 1.06 bits per heavy atom. The van der Waals surface area contributed by atoms with Crippen LogP contribution in [-0.2, 0) is 6.42 Å². The average molecular weight is 226 g/mol. The molecule has 3 nitrogen and oxygen atoms in total. The first kappa shape index (κ1) is 10.5. The fourth-order valence-corrected chi connectivity index (χ4v) is 2.57. The van der Waals surface area contributed by atoms with Gasteiger partial charge in [-0.3, -0.25) is 4.79 Å². The minimum Gasteiger partial charge on any atom is -0.423 e. The molecule has 0 radical (unpaired) electrons. The van der Waals surface area contributed by atoms with Crippen LogP contribution in [0, 0.1) is 0 Å². The van der Waals surface area contributed by atoms with Crippen LogP contribution in [0.15, 0.2) is 30.3 Å². The maximum atomic E-state index is 12.0. The van der Waals surface area contributed by atoms with E-state index in [0.717, 1.165) is 22.8 Å². The molecule has 0 saturated heterocycles. The third kappa shape index (κ3) is 1.49. The first-order valence-corrected chi connectivity index (χ1v) is 5.62. The lowest BCUT2D eigenvalue weighted by Crippen LogP contribution is -2.36. The van der Waals surface area contributed by atoms with Gasteiger partial charge in [-0.15, -0.1) is 0 Å². The van der Waals surface area contributed by atoms with Crippen LogP contribution in [0.5, 0.6) is 0 Å². The lowest BCUT2D eigenvalue weighted by Gasteiger charge is -2.19. The maximum absolute atomic E-state index is 12.0. The Labute approximate surface area is 98.8 Å². The van der Waals surface area contributed by atoms with Crippen LogP contribution in [0.1, 0.15) is 22.3 Å². The number of hydrogen-bond acceptors (Lipinski definition) is 3. The zero-order valence-electron chi connectivity index (χ0n) is 9.18. The van der Waals surface area contributed by atoms with E-state index in [0.29, 0.717) is 17.4 Å². The molecule has 84 valence electrons. The summed E-state index contributed by atoms with van der Waals surface area (Å²) in [6, 6.07) is 9.34. The fourth-order valence-electron chi connectivity index (χ4n) is 2.57. The zero-order valence-corrected chi connectivity index (χ0v) is 9.18. The predicted octanol–water partition coefficient (Wildman–Crippen LogP) is 0.648. The minimum atomic E-state index is -1.59. The zero-order chi connectivity index (χ0) is 12.0. The van der Waals surface area contributed by atoms with Crippen molar-refractivity contribution in [2.24, 2.45) is 0 Å². The Kier molecular flexibility index (Phi) is 2.28. The van der Waals surface area contributed by atoms with Gasteiger partial charge in [0.1, 0.15) is 0 Å². The van der Waals surface area contributed by atoms with Crippen molar-refractivity contribution < 1.29 is 14.8 Å². The summed E-state index contributed by atoms with van der Waals surface area (Å²) in [6.07, 6.45) is 1.17. The molecule has 0 bridgehead atoms. The second-order valence-electron chi connectivity index (χ2n) is 4.34. The molecule has 0 spiro atoms. The number of ketones is 1. The summed E-state index contributed by atoms with van der Waals surface area (Å²) in [7, 11) is -1.59. The molecule has 0 saturated carbocycles. The number of carbonyl (C=O) groups is 1. The highest BCUT2D eigenvalue weighted by atomic mass is 16.4. The highest BCUT2D eigenvalue weighted by molar-refractivity contribution is 6.61. The van der Waals surface area contributed by atoms with Crippen molar-refractivity contribution in [2.75, 3.05) is 0 Å². The van der Waals surface area contributed by atoms with E-state index in [2.05, 4.69) is 0 Å². The molecule has 0 heterocycles.